The summed E-state index contributed by atoms with van der Waals surface area (Å²) in [4.78, 5) is 25.9. The van der Waals surface area contributed by atoms with Gasteiger partial charge in [0.25, 0.3) is 0 Å². The molecule has 0 bridgehead atoms. The molecule has 2 atom stereocenters. The molecule has 0 aliphatic heterocycles. The van der Waals surface area contributed by atoms with Crippen LogP contribution >= 0.6 is 0 Å². The van der Waals surface area contributed by atoms with Crippen molar-refractivity contribution in [2.45, 2.75) is 61.3 Å². The van der Waals surface area contributed by atoms with Gasteiger partial charge in [-0.2, -0.15) is 0 Å². The van der Waals surface area contributed by atoms with Crippen molar-refractivity contribution < 1.29 is 76.0 Å². The molecule has 192 valence electrons. The summed E-state index contributed by atoms with van der Waals surface area (Å²) in [5, 5.41) is 0. The van der Waals surface area contributed by atoms with Gasteiger partial charge in [0.1, 0.15) is 26.3 Å². The minimum atomic E-state index is -0.671. The van der Waals surface area contributed by atoms with Crippen LogP contribution in [0.3, 0.4) is 0 Å². The standard InChI is InChI=1S/C24H48N2O4.2HI/c1-10-25(8,11-2)16-18-29-21(27)20-14-15-24(7,23(20,5)6)22(28)30-19-17-26(9,12-3)13-4;;/h20H,10-19H2,1-9H3;2*1H/q+2;;/p-2/t20-,24+;;/m1../s1. The van der Waals surface area contributed by atoms with Gasteiger partial charge in [-0.15, -0.1) is 0 Å². The summed E-state index contributed by atoms with van der Waals surface area (Å²) in [6.07, 6.45) is 1.33. The number of hydrogen-bond donors (Lipinski definition) is 0. The van der Waals surface area contributed by atoms with Gasteiger partial charge in [0.2, 0.25) is 0 Å². The fourth-order valence-electron chi connectivity index (χ4n) is 4.34. The predicted octanol–water partition coefficient (Wildman–Crippen LogP) is -2.50. The average Bonchev–Trinajstić information content (AvgIpc) is 2.97. The molecule has 1 fully saturated rings. The third-order valence-electron chi connectivity index (χ3n) is 8.75. The molecule has 0 unspecified atom stereocenters. The summed E-state index contributed by atoms with van der Waals surface area (Å²) >= 11 is 0. The second kappa shape index (κ2) is 14.0. The molecule has 0 N–H and O–H groups in total. The van der Waals surface area contributed by atoms with E-state index in [0.717, 1.165) is 48.2 Å². The Morgan fingerprint density at radius 2 is 1.22 bits per heavy atom. The molecule has 8 heteroatoms. The van der Waals surface area contributed by atoms with E-state index in [1.54, 1.807) is 0 Å². The molecular formula is C24H48I2N2O4. The highest BCUT2D eigenvalue weighted by Gasteiger charge is 2.59. The molecule has 1 aliphatic rings. The van der Waals surface area contributed by atoms with Crippen molar-refractivity contribution in [2.75, 3.05) is 66.6 Å². The van der Waals surface area contributed by atoms with Crippen molar-refractivity contribution >= 4 is 11.9 Å². The van der Waals surface area contributed by atoms with E-state index in [-0.39, 0.29) is 65.8 Å². The molecule has 6 nitrogen and oxygen atoms in total. The first-order valence-corrected chi connectivity index (χ1v) is 11.9. The molecule has 0 aromatic heterocycles. The lowest BCUT2D eigenvalue weighted by molar-refractivity contribution is -0.906. The van der Waals surface area contributed by atoms with Gasteiger partial charge in [-0.1, -0.05) is 13.8 Å². The van der Waals surface area contributed by atoms with E-state index < -0.39 is 10.8 Å². The maximum Gasteiger partial charge on any atom is 0.312 e. The molecule has 1 rings (SSSR count). The van der Waals surface area contributed by atoms with Crippen LogP contribution in [0.1, 0.15) is 61.3 Å². The van der Waals surface area contributed by atoms with Crippen molar-refractivity contribution in [3.63, 3.8) is 0 Å². The van der Waals surface area contributed by atoms with Crippen molar-refractivity contribution in [3.8, 4) is 0 Å². The first-order valence-electron chi connectivity index (χ1n) is 11.9. The molecule has 0 aromatic rings. The van der Waals surface area contributed by atoms with Gasteiger partial charge in [-0.25, -0.2) is 0 Å². The number of likely N-dealkylation sites (N-methyl/N-ethyl adjacent to an activating group) is 2. The summed E-state index contributed by atoms with van der Waals surface area (Å²) in [5.74, 6) is -0.622. The fraction of sp³-hybridized carbons (Fsp3) is 0.917. The Labute approximate surface area is 231 Å². The van der Waals surface area contributed by atoms with E-state index in [4.69, 9.17) is 9.47 Å². The zero-order valence-corrected chi connectivity index (χ0v) is 26.2. The number of nitrogens with zero attached hydrogens (tertiary/aromatic N) is 2. The Balaban J connectivity index is 0. The van der Waals surface area contributed by atoms with E-state index in [1.165, 1.54) is 0 Å². The molecule has 0 spiro atoms. The van der Waals surface area contributed by atoms with Gasteiger partial charge in [0.15, 0.2) is 0 Å². The van der Waals surface area contributed by atoms with Crippen LogP contribution in [0.15, 0.2) is 0 Å². The summed E-state index contributed by atoms with van der Waals surface area (Å²) in [6, 6.07) is 0. The highest BCUT2D eigenvalue weighted by Crippen LogP contribution is 2.56. The van der Waals surface area contributed by atoms with Gasteiger partial charge in [0, 0.05) is 0 Å². The second-order valence-corrected chi connectivity index (χ2v) is 10.4. The minimum absolute atomic E-state index is 0. The van der Waals surface area contributed by atoms with Crippen LogP contribution < -0.4 is 48.0 Å². The van der Waals surface area contributed by atoms with Crippen molar-refractivity contribution in [1.29, 1.82) is 0 Å². The minimum Gasteiger partial charge on any atom is -1.00 e. The Bertz CT molecular complexity index is 593. The molecular weight excluding hydrogens is 634 g/mol. The second-order valence-electron chi connectivity index (χ2n) is 10.4. The van der Waals surface area contributed by atoms with Crippen LogP contribution in [0.4, 0.5) is 0 Å². The van der Waals surface area contributed by atoms with Crippen LogP contribution in [0.2, 0.25) is 0 Å². The Morgan fingerprint density at radius 1 is 0.812 bits per heavy atom. The highest BCUT2D eigenvalue weighted by molar-refractivity contribution is 5.82. The third-order valence-corrected chi connectivity index (χ3v) is 8.75. The van der Waals surface area contributed by atoms with Gasteiger partial charge < -0.3 is 66.4 Å². The number of rotatable bonds is 12. The van der Waals surface area contributed by atoms with E-state index in [0.29, 0.717) is 26.1 Å². The number of hydrogen-bond acceptors (Lipinski definition) is 4. The molecule has 0 saturated heterocycles. The van der Waals surface area contributed by atoms with Crippen LogP contribution in [0.5, 0.6) is 0 Å². The van der Waals surface area contributed by atoms with Gasteiger partial charge in [-0.05, 0) is 52.9 Å². The van der Waals surface area contributed by atoms with Crippen molar-refractivity contribution in [2.24, 2.45) is 16.7 Å². The van der Waals surface area contributed by atoms with Crippen LogP contribution in [-0.4, -0.2) is 87.5 Å². The molecule has 32 heavy (non-hydrogen) atoms. The molecule has 1 aliphatic carbocycles. The SMILES string of the molecule is CC[N+](C)(CC)CCOC(=O)[C@H]1CC[C@@](C)(C(=O)OCC[N+](C)(CC)CC)C1(C)C.[I-].[I-]. The maximum absolute atomic E-state index is 13.1. The third kappa shape index (κ3) is 7.93. The normalized spacial score (nSPS) is 22.5. The van der Waals surface area contributed by atoms with Crippen LogP contribution in [0, 0.1) is 16.7 Å². The Morgan fingerprint density at radius 3 is 1.62 bits per heavy atom. The number of carbonyl (C=O) groups excluding carboxylic acids is 2. The fourth-order valence-corrected chi connectivity index (χ4v) is 4.34. The summed E-state index contributed by atoms with van der Waals surface area (Å²) in [6.45, 7) is 21.2. The topological polar surface area (TPSA) is 52.6 Å². The van der Waals surface area contributed by atoms with E-state index >= 15 is 0 Å². The van der Waals surface area contributed by atoms with E-state index in [1.807, 2.05) is 20.8 Å². The molecule has 0 radical (unpaired) electrons. The lowest BCUT2D eigenvalue weighted by Crippen LogP contribution is -3.00. The average molecular weight is 682 g/mol. The monoisotopic (exact) mass is 682 g/mol. The van der Waals surface area contributed by atoms with Gasteiger partial charge in [-0.3, -0.25) is 9.59 Å². The maximum atomic E-state index is 13.1. The van der Waals surface area contributed by atoms with Gasteiger partial charge >= 0.3 is 11.9 Å². The molecule has 1 saturated carbocycles. The predicted molar refractivity (Wildman–Crippen MR) is 121 cm³/mol. The summed E-state index contributed by atoms with van der Waals surface area (Å²) in [5.41, 5.74) is -1.17. The molecule has 0 heterocycles. The molecule has 0 aromatic carbocycles. The van der Waals surface area contributed by atoms with Crippen LogP contribution in [-0.2, 0) is 19.1 Å². The zero-order chi connectivity index (χ0) is 23.2. The lowest BCUT2D eigenvalue weighted by atomic mass is 9.65. The first kappa shape index (κ1) is 34.5. The number of halogens is 2. The number of ether oxygens (including phenoxy) is 2. The molecule has 0 amide bonds. The summed E-state index contributed by atoms with van der Waals surface area (Å²) < 4.78 is 13.2. The largest absolute Gasteiger partial charge is 1.00 e. The number of quaternary nitrogens is 2. The highest BCUT2D eigenvalue weighted by atomic mass is 127. The van der Waals surface area contributed by atoms with Crippen LogP contribution in [0.25, 0.3) is 0 Å². The Kier molecular flexibility index (Phi) is 15.1. The first-order chi connectivity index (χ1) is 13.8. The number of esters is 2. The van der Waals surface area contributed by atoms with Crippen molar-refractivity contribution in [3.05, 3.63) is 0 Å². The number of carbonyl (C=O) groups is 2. The lowest BCUT2D eigenvalue weighted by Gasteiger charge is -2.39. The smallest absolute Gasteiger partial charge is 0.312 e. The Hall–Kier alpha value is 0.320. The quantitative estimate of drug-likeness (QED) is 0.130. The van der Waals surface area contributed by atoms with E-state index in [2.05, 4.69) is 41.8 Å². The van der Waals surface area contributed by atoms with Crippen molar-refractivity contribution in [1.82, 2.24) is 0 Å². The zero-order valence-electron chi connectivity index (χ0n) is 21.9. The van der Waals surface area contributed by atoms with E-state index in [9.17, 15) is 9.59 Å². The summed E-state index contributed by atoms with van der Waals surface area (Å²) in [7, 11) is 4.36. The van der Waals surface area contributed by atoms with Gasteiger partial charge in [0.05, 0.1) is 51.6 Å².